The lowest BCUT2D eigenvalue weighted by Gasteiger charge is -2.06. The first-order valence-corrected chi connectivity index (χ1v) is 3.78. The van der Waals surface area contributed by atoms with Gasteiger partial charge in [-0.15, -0.1) is 0 Å². The van der Waals surface area contributed by atoms with E-state index in [4.69, 9.17) is 9.15 Å². The van der Waals surface area contributed by atoms with Crippen LogP contribution in [0.4, 0.5) is 0 Å². The molecular weight excluding hydrogens is 142 g/mol. The molecule has 2 atom stereocenters. The highest BCUT2D eigenvalue weighted by atomic mass is 16.5. The molecule has 0 radical (unpaired) electrons. The molecule has 0 aromatic carbocycles. The van der Waals surface area contributed by atoms with Gasteiger partial charge >= 0.3 is 0 Å². The fraction of sp³-hybridized carbons (Fsp3) is 0.500. The number of hydrogen-bond acceptors (Lipinski definition) is 3. The molecule has 1 fully saturated rings. The first-order chi connectivity index (χ1) is 5.36. The Kier molecular flexibility index (Phi) is 1.68. The Labute approximate surface area is 65.3 Å². The third-order valence-electron chi connectivity index (χ3n) is 1.76. The van der Waals surface area contributed by atoms with E-state index in [0.717, 1.165) is 12.3 Å². The fourth-order valence-electron chi connectivity index (χ4n) is 1.21. The second-order valence-corrected chi connectivity index (χ2v) is 2.75. The number of hydrogen-bond donors (Lipinski definition) is 1. The highest BCUT2D eigenvalue weighted by molar-refractivity contribution is 5.02. The van der Waals surface area contributed by atoms with Gasteiger partial charge in [0.15, 0.2) is 6.23 Å². The van der Waals surface area contributed by atoms with Crippen LogP contribution in [0.15, 0.2) is 22.8 Å². The molecule has 1 aromatic rings. The van der Waals surface area contributed by atoms with Crippen molar-refractivity contribution >= 4 is 0 Å². The van der Waals surface area contributed by atoms with Crippen LogP contribution in [0.1, 0.15) is 18.9 Å². The van der Waals surface area contributed by atoms with Gasteiger partial charge in [-0.2, -0.15) is 0 Å². The molecule has 1 saturated heterocycles. The van der Waals surface area contributed by atoms with Gasteiger partial charge in [-0.1, -0.05) is 0 Å². The molecule has 2 unspecified atom stereocenters. The van der Waals surface area contributed by atoms with E-state index in [-0.39, 0.29) is 12.3 Å². The Morgan fingerprint density at radius 3 is 3.09 bits per heavy atom. The van der Waals surface area contributed by atoms with Crippen molar-refractivity contribution in [2.45, 2.75) is 19.3 Å². The van der Waals surface area contributed by atoms with E-state index >= 15 is 0 Å². The standard InChI is InChI=1S/C8H11NO2/c1-6-5-9-8(11-6)7-3-2-4-10-7/h2-4,6,8-9H,5H2,1H3. The fourth-order valence-corrected chi connectivity index (χ4v) is 1.21. The highest BCUT2D eigenvalue weighted by Gasteiger charge is 2.23. The number of nitrogens with one attached hydrogen (secondary N) is 1. The summed E-state index contributed by atoms with van der Waals surface area (Å²) in [5, 5.41) is 3.19. The van der Waals surface area contributed by atoms with Gasteiger partial charge < -0.3 is 9.15 Å². The van der Waals surface area contributed by atoms with E-state index in [1.807, 2.05) is 19.1 Å². The lowest BCUT2D eigenvalue weighted by atomic mass is 10.4. The first-order valence-electron chi connectivity index (χ1n) is 3.78. The molecule has 2 heterocycles. The molecule has 1 aliphatic heterocycles. The summed E-state index contributed by atoms with van der Waals surface area (Å²) in [5.74, 6) is 0.856. The molecule has 1 N–H and O–H groups in total. The monoisotopic (exact) mass is 153 g/mol. The van der Waals surface area contributed by atoms with E-state index < -0.39 is 0 Å². The Bertz CT molecular complexity index is 220. The van der Waals surface area contributed by atoms with Gasteiger partial charge in [0.2, 0.25) is 0 Å². The zero-order valence-electron chi connectivity index (χ0n) is 6.41. The molecule has 3 nitrogen and oxygen atoms in total. The molecule has 0 saturated carbocycles. The first kappa shape index (κ1) is 6.88. The molecule has 0 amide bonds. The van der Waals surface area contributed by atoms with Crippen LogP contribution in [0.2, 0.25) is 0 Å². The average molecular weight is 153 g/mol. The van der Waals surface area contributed by atoms with Crippen molar-refractivity contribution in [2.75, 3.05) is 6.54 Å². The summed E-state index contributed by atoms with van der Waals surface area (Å²) in [4.78, 5) is 0. The van der Waals surface area contributed by atoms with E-state index in [9.17, 15) is 0 Å². The van der Waals surface area contributed by atoms with Crippen LogP contribution in [0.3, 0.4) is 0 Å². The minimum atomic E-state index is -0.0417. The molecule has 11 heavy (non-hydrogen) atoms. The predicted molar refractivity (Wildman–Crippen MR) is 40.0 cm³/mol. The summed E-state index contributed by atoms with van der Waals surface area (Å²) < 4.78 is 10.7. The molecule has 1 aromatic heterocycles. The number of rotatable bonds is 1. The molecule has 3 heteroatoms. The van der Waals surface area contributed by atoms with E-state index in [1.54, 1.807) is 6.26 Å². The largest absolute Gasteiger partial charge is 0.465 e. The van der Waals surface area contributed by atoms with Crippen molar-refractivity contribution in [3.05, 3.63) is 24.2 Å². The van der Waals surface area contributed by atoms with Crippen LogP contribution in [0.5, 0.6) is 0 Å². The second kappa shape index (κ2) is 2.68. The summed E-state index contributed by atoms with van der Waals surface area (Å²) >= 11 is 0. The normalized spacial score (nSPS) is 31.0. The van der Waals surface area contributed by atoms with E-state index in [0.29, 0.717) is 0 Å². The summed E-state index contributed by atoms with van der Waals surface area (Å²) in [7, 11) is 0. The number of ether oxygens (including phenoxy) is 1. The molecule has 0 aliphatic carbocycles. The molecule has 0 spiro atoms. The Balaban J connectivity index is 2.08. The van der Waals surface area contributed by atoms with Crippen molar-refractivity contribution < 1.29 is 9.15 Å². The van der Waals surface area contributed by atoms with Crippen LogP contribution >= 0.6 is 0 Å². The van der Waals surface area contributed by atoms with Crippen molar-refractivity contribution in [3.8, 4) is 0 Å². The topological polar surface area (TPSA) is 34.4 Å². The van der Waals surface area contributed by atoms with Gasteiger partial charge in [0.05, 0.1) is 12.4 Å². The van der Waals surface area contributed by atoms with Gasteiger partial charge in [0.25, 0.3) is 0 Å². The predicted octanol–water partition coefficient (Wildman–Crippen LogP) is 1.29. The van der Waals surface area contributed by atoms with Crippen LogP contribution in [-0.2, 0) is 4.74 Å². The van der Waals surface area contributed by atoms with Gasteiger partial charge in [-0.25, -0.2) is 0 Å². The average Bonchev–Trinajstić information content (AvgIpc) is 2.55. The Morgan fingerprint density at radius 2 is 2.55 bits per heavy atom. The summed E-state index contributed by atoms with van der Waals surface area (Å²) in [5.41, 5.74) is 0. The maximum atomic E-state index is 5.50. The van der Waals surface area contributed by atoms with E-state index in [2.05, 4.69) is 5.32 Å². The molecule has 0 bridgehead atoms. The molecule has 1 aliphatic rings. The molecule has 60 valence electrons. The van der Waals surface area contributed by atoms with Crippen LogP contribution in [0, 0.1) is 0 Å². The van der Waals surface area contributed by atoms with Crippen molar-refractivity contribution in [2.24, 2.45) is 0 Å². The number of furan rings is 1. The second-order valence-electron chi connectivity index (χ2n) is 2.75. The summed E-state index contributed by atoms with van der Waals surface area (Å²) in [6, 6.07) is 3.78. The van der Waals surface area contributed by atoms with Crippen molar-refractivity contribution in [1.29, 1.82) is 0 Å². The maximum absolute atomic E-state index is 5.50. The van der Waals surface area contributed by atoms with E-state index in [1.165, 1.54) is 0 Å². The lowest BCUT2D eigenvalue weighted by Crippen LogP contribution is -2.13. The quantitative estimate of drug-likeness (QED) is 0.660. The summed E-state index contributed by atoms with van der Waals surface area (Å²) in [6.45, 7) is 2.93. The van der Waals surface area contributed by atoms with Crippen molar-refractivity contribution in [3.63, 3.8) is 0 Å². The maximum Gasteiger partial charge on any atom is 0.167 e. The van der Waals surface area contributed by atoms with Gasteiger partial charge in [0.1, 0.15) is 5.76 Å². The molecule has 2 rings (SSSR count). The third-order valence-corrected chi connectivity index (χ3v) is 1.76. The zero-order chi connectivity index (χ0) is 7.68. The SMILES string of the molecule is CC1CNC(c2ccco2)O1. The van der Waals surface area contributed by atoms with Gasteiger partial charge in [0, 0.05) is 6.54 Å². The van der Waals surface area contributed by atoms with Gasteiger partial charge in [-0.05, 0) is 19.1 Å². The third kappa shape index (κ3) is 1.29. The zero-order valence-corrected chi connectivity index (χ0v) is 6.41. The lowest BCUT2D eigenvalue weighted by molar-refractivity contribution is 0.0371. The van der Waals surface area contributed by atoms with Crippen LogP contribution in [0.25, 0.3) is 0 Å². The van der Waals surface area contributed by atoms with Crippen LogP contribution < -0.4 is 5.32 Å². The van der Waals surface area contributed by atoms with Crippen molar-refractivity contribution in [1.82, 2.24) is 5.32 Å². The highest BCUT2D eigenvalue weighted by Crippen LogP contribution is 2.20. The van der Waals surface area contributed by atoms with Crippen LogP contribution in [-0.4, -0.2) is 12.6 Å². The minimum absolute atomic E-state index is 0.0417. The molecular formula is C8H11NO2. The smallest absolute Gasteiger partial charge is 0.167 e. The minimum Gasteiger partial charge on any atom is -0.465 e. The Morgan fingerprint density at radius 1 is 1.64 bits per heavy atom. The summed E-state index contributed by atoms with van der Waals surface area (Å²) in [6.07, 6.45) is 1.90. The Hall–Kier alpha value is -0.800. The van der Waals surface area contributed by atoms with Gasteiger partial charge in [-0.3, -0.25) is 5.32 Å².